The van der Waals surface area contributed by atoms with Crippen LogP contribution < -0.4 is 20.4 Å². The molecular formula is C19H27N7. The molecule has 2 saturated heterocycles. The molecule has 2 aromatic rings. The third-order valence-electron chi connectivity index (χ3n) is 5.35. The molecule has 2 aliphatic heterocycles. The van der Waals surface area contributed by atoms with E-state index in [0.717, 1.165) is 64.0 Å². The van der Waals surface area contributed by atoms with Crippen LogP contribution in [0.3, 0.4) is 0 Å². The summed E-state index contributed by atoms with van der Waals surface area (Å²) in [6.07, 6.45) is 1.66. The average Bonchev–Trinajstić information content (AvgIpc) is 2.70. The van der Waals surface area contributed by atoms with Gasteiger partial charge in [-0.1, -0.05) is 18.2 Å². The van der Waals surface area contributed by atoms with Gasteiger partial charge in [0.05, 0.1) is 0 Å². The lowest BCUT2D eigenvalue weighted by atomic mass is 10.2. The van der Waals surface area contributed by atoms with Gasteiger partial charge in [0.15, 0.2) is 11.6 Å². The van der Waals surface area contributed by atoms with E-state index in [4.69, 9.17) is 5.73 Å². The molecular weight excluding hydrogens is 326 g/mol. The van der Waals surface area contributed by atoms with Gasteiger partial charge in [-0.15, -0.1) is 0 Å². The van der Waals surface area contributed by atoms with Crippen LogP contribution in [0.2, 0.25) is 0 Å². The van der Waals surface area contributed by atoms with E-state index in [2.05, 4.69) is 66.9 Å². The number of nitrogens with two attached hydrogens (primary N) is 1. The number of anilines is 4. The maximum Gasteiger partial charge on any atom is 0.157 e. The summed E-state index contributed by atoms with van der Waals surface area (Å²) in [4.78, 5) is 18.3. The van der Waals surface area contributed by atoms with E-state index in [0.29, 0.717) is 5.69 Å². The predicted octanol–water partition coefficient (Wildman–Crippen LogP) is 1.14. The van der Waals surface area contributed by atoms with Crippen molar-refractivity contribution in [3.05, 3.63) is 36.7 Å². The highest BCUT2D eigenvalue weighted by molar-refractivity contribution is 5.76. The van der Waals surface area contributed by atoms with Gasteiger partial charge < -0.3 is 25.3 Å². The highest BCUT2D eigenvalue weighted by Crippen LogP contribution is 2.30. The number of hydrogen-bond acceptors (Lipinski definition) is 7. The van der Waals surface area contributed by atoms with Crippen LogP contribution in [0.5, 0.6) is 0 Å². The van der Waals surface area contributed by atoms with Crippen LogP contribution in [-0.2, 0) is 0 Å². The van der Waals surface area contributed by atoms with Gasteiger partial charge >= 0.3 is 0 Å². The Bertz CT molecular complexity index is 720. The van der Waals surface area contributed by atoms with Crippen molar-refractivity contribution in [2.45, 2.75) is 0 Å². The van der Waals surface area contributed by atoms with Gasteiger partial charge in [-0.05, 0) is 19.2 Å². The zero-order valence-electron chi connectivity index (χ0n) is 15.4. The molecule has 26 heavy (non-hydrogen) atoms. The fraction of sp³-hybridized carbons (Fsp3) is 0.474. The number of nitrogens with zero attached hydrogens (tertiary/aromatic N) is 6. The lowest BCUT2D eigenvalue weighted by Gasteiger charge is -2.38. The first-order chi connectivity index (χ1) is 12.7. The number of hydrogen-bond donors (Lipinski definition) is 1. The van der Waals surface area contributed by atoms with E-state index < -0.39 is 0 Å². The largest absolute Gasteiger partial charge is 0.393 e. The second-order valence-corrected chi connectivity index (χ2v) is 7.03. The first-order valence-electron chi connectivity index (χ1n) is 9.31. The number of nitrogen functional groups attached to an aromatic ring is 1. The molecule has 7 heteroatoms. The van der Waals surface area contributed by atoms with E-state index in [-0.39, 0.29) is 0 Å². The number of piperazine rings is 2. The smallest absolute Gasteiger partial charge is 0.157 e. The van der Waals surface area contributed by atoms with E-state index in [9.17, 15) is 0 Å². The molecule has 0 unspecified atom stereocenters. The fourth-order valence-electron chi connectivity index (χ4n) is 3.71. The molecule has 3 heterocycles. The number of likely N-dealkylation sites (N-methyl/N-ethyl adjacent to an activating group) is 1. The first kappa shape index (κ1) is 16.9. The van der Waals surface area contributed by atoms with Crippen molar-refractivity contribution in [2.24, 2.45) is 0 Å². The minimum absolute atomic E-state index is 0.713. The Labute approximate surface area is 155 Å². The van der Waals surface area contributed by atoms with Crippen LogP contribution in [0.1, 0.15) is 0 Å². The highest BCUT2D eigenvalue weighted by atomic mass is 15.3. The van der Waals surface area contributed by atoms with Crippen LogP contribution in [0, 0.1) is 0 Å². The SMILES string of the molecule is CN1CCN(c2ncnc(N3CCN(c4ccccc4)CC3)c2N)CC1. The Kier molecular flexibility index (Phi) is 4.79. The van der Waals surface area contributed by atoms with Crippen LogP contribution in [-0.4, -0.2) is 74.3 Å². The van der Waals surface area contributed by atoms with E-state index in [1.807, 2.05) is 0 Å². The van der Waals surface area contributed by atoms with Gasteiger partial charge in [-0.25, -0.2) is 9.97 Å². The third-order valence-corrected chi connectivity index (χ3v) is 5.35. The summed E-state index contributed by atoms with van der Waals surface area (Å²) in [7, 11) is 2.15. The second kappa shape index (κ2) is 7.37. The fourth-order valence-corrected chi connectivity index (χ4v) is 3.71. The molecule has 0 spiro atoms. The quantitative estimate of drug-likeness (QED) is 0.887. The number of rotatable bonds is 3. The standard InChI is InChI=1S/C19H27N7/c1-23-7-9-25(10-8-23)18-17(20)19(22-15-21-18)26-13-11-24(12-14-26)16-5-3-2-4-6-16/h2-6,15H,7-14,20H2,1H3. The van der Waals surface area contributed by atoms with Crippen molar-refractivity contribution >= 4 is 23.0 Å². The van der Waals surface area contributed by atoms with E-state index in [1.165, 1.54) is 5.69 Å². The third kappa shape index (κ3) is 3.39. The highest BCUT2D eigenvalue weighted by Gasteiger charge is 2.24. The predicted molar refractivity (Wildman–Crippen MR) is 107 cm³/mol. The molecule has 1 aromatic carbocycles. The molecule has 138 valence electrons. The summed E-state index contributed by atoms with van der Waals surface area (Å²) in [5, 5.41) is 0. The molecule has 0 bridgehead atoms. The van der Waals surface area contributed by atoms with Crippen molar-refractivity contribution < 1.29 is 0 Å². The average molecular weight is 353 g/mol. The maximum absolute atomic E-state index is 6.49. The van der Waals surface area contributed by atoms with Gasteiger partial charge in [-0.3, -0.25) is 0 Å². The summed E-state index contributed by atoms with van der Waals surface area (Å²) in [6.45, 7) is 7.76. The second-order valence-electron chi connectivity index (χ2n) is 7.03. The molecule has 0 radical (unpaired) electrons. The minimum atomic E-state index is 0.713. The van der Waals surface area contributed by atoms with E-state index >= 15 is 0 Å². The molecule has 0 aliphatic carbocycles. The van der Waals surface area contributed by atoms with Crippen molar-refractivity contribution in [3.8, 4) is 0 Å². The molecule has 0 amide bonds. The Morgan fingerprint density at radius 2 is 1.23 bits per heavy atom. The monoisotopic (exact) mass is 353 g/mol. The first-order valence-corrected chi connectivity index (χ1v) is 9.31. The van der Waals surface area contributed by atoms with Crippen molar-refractivity contribution in [1.82, 2.24) is 14.9 Å². The van der Waals surface area contributed by atoms with Crippen LogP contribution in [0.25, 0.3) is 0 Å². The molecule has 1 aromatic heterocycles. The van der Waals surface area contributed by atoms with Crippen molar-refractivity contribution in [2.75, 3.05) is 79.8 Å². The summed E-state index contributed by atoms with van der Waals surface area (Å²) < 4.78 is 0. The molecule has 2 N–H and O–H groups in total. The number of aromatic nitrogens is 2. The normalized spacial score (nSPS) is 19.0. The number of benzene rings is 1. The molecule has 7 nitrogen and oxygen atoms in total. The van der Waals surface area contributed by atoms with Crippen molar-refractivity contribution in [1.29, 1.82) is 0 Å². The summed E-state index contributed by atoms with van der Waals surface area (Å²) in [6, 6.07) is 10.6. The zero-order valence-corrected chi connectivity index (χ0v) is 15.4. The van der Waals surface area contributed by atoms with Gasteiger partial charge in [0.2, 0.25) is 0 Å². The van der Waals surface area contributed by atoms with Crippen LogP contribution in [0.15, 0.2) is 36.7 Å². The van der Waals surface area contributed by atoms with Gasteiger partial charge in [0.1, 0.15) is 12.0 Å². The van der Waals surface area contributed by atoms with Crippen LogP contribution in [0.4, 0.5) is 23.0 Å². The lowest BCUT2D eigenvalue weighted by Crippen LogP contribution is -2.47. The van der Waals surface area contributed by atoms with Crippen molar-refractivity contribution in [3.63, 3.8) is 0 Å². The van der Waals surface area contributed by atoms with Crippen LogP contribution >= 0.6 is 0 Å². The summed E-state index contributed by atoms with van der Waals surface area (Å²) in [5.74, 6) is 1.76. The Morgan fingerprint density at radius 3 is 1.81 bits per heavy atom. The maximum atomic E-state index is 6.49. The Hall–Kier alpha value is -2.54. The Balaban J connectivity index is 1.46. The molecule has 0 atom stereocenters. The summed E-state index contributed by atoms with van der Waals surface area (Å²) >= 11 is 0. The topological polar surface area (TPSA) is 64.8 Å². The lowest BCUT2D eigenvalue weighted by molar-refractivity contribution is 0.312. The van der Waals surface area contributed by atoms with Gasteiger partial charge in [0.25, 0.3) is 0 Å². The zero-order chi connectivity index (χ0) is 17.9. The summed E-state index contributed by atoms with van der Waals surface area (Å²) in [5.41, 5.74) is 8.48. The number of para-hydroxylation sites is 1. The molecule has 0 saturated carbocycles. The molecule has 2 aliphatic rings. The van der Waals surface area contributed by atoms with Gasteiger partial charge in [0, 0.05) is 58.0 Å². The van der Waals surface area contributed by atoms with Gasteiger partial charge in [-0.2, -0.15) is 0 Å². The molecule has 4 rings (SSSR count). The van der Waals surface area contributed by atoms with E-state index in [1.54, 1.807) is 6.33 Å². The Morgan fingerprint density at radius 1 is 0.731 bits per heavy atom. The minimum Gasteiger partial charge on any atom is -0.393 e. The molecule has 2 fully saturated rings.